The molecule has 28 heavy (non-hydrogen) atoms. The zero-order chi connectivity index (χ0) is 20.3. The fourth-order valence-electron chi connectivity index (χ4n) is 2.76. The minimum atomic E-state index is -1.74. The zero-order valence-electron chi connectivity index (χ0n) is 14.8. The summed E-state index contributed by atoms with van der Waals surface area (Å²) in [6, 6.07) is 10.3. The Kier molecular flexibility index (Phi) is 5.37. The lowest BCUT2D eigenvalue weighted by Gasteiger charge is -2.33. The van der Waals surface area contributed by atoms with Crippen LogP contribution in [-0.4, -0.2) is 58.1 Å². The number of rotatable bonds is 5. The van der Waals surface area contributed by atoms with Crippen molar-refractivity contribution < 1.29 is 29.0 Å². The summed E-state index contributed by atoms with van der Waals surface area (Å²) in [4.78, 5) is 36.6. The van der Waals surface area contributed by atoms with Crippen LogP contribution in [0.25, 0.3) is 5.69 Å². The number of aliphatic carboxylic acids is 1. The lowest BCUT2D eigenvalue weighted by molar-refractivity contribution is -0.177. The lowest BCUT2D eigenvalue weighted by atomic mass is 10.1. The number of ether oxygens (including phenoxy) is 2. The van der Waals surface area contributed by atoms with Crippen LogP contribution in [0.2, 0.25) is 0 Å². The minimum Gasteiger partial charge on any atom is -0.478 e. The lowest BCUT2D eigenvalue weighted by Crippen LogP contribution is -2.55. The van der Waals surface area contributed by atoms with E-state index in [1.807, 2.05) is 6.07 Å². The van der Waals surface area contributed by atoms with Crippen molar-refractivity contribution in [2.45, 2.75) is 19.1 Å². The smallest absolute Gasteiger partial charge is 0.348 e. The Morgan fingerprint density at radius 1 is 1.36 bits per heavy atom. The molecule has 10 nitrogen and oxygen atoms in total. The van der Waals surface area contributed by atoms with Crippen molar-refractivity contribution in [3.63, 3.8) is 0 Å². The predicted octanol–water partition coefficient (Wildman–Crippen LogP) is 0.492. The van der Waals surface area contributed by atoms with Gasteiger partial charge in [0.05, 0.1) is 30.5 Å². The summed E-state index contributed by atoms with van der Waals surface area (Å²) in [5, 5.41) is 22.5. The number of carboxylic acids is 1. The molecule has 3 rings (SSSR count). The molecule has 0 spiro atoms. The second kappa shape index (κ2) is 7.89. The van der Waals surface area contributed by atoms with Crippen LogP contribution >= 0.6 is 0 Å². The predicted molar refractivity (Wildman–Crippen MR) is 93.6 cm³/mol. The molecule has 0 bridgehead atoms. The number of nitrogens with zero attached hydrogens (tertiary/aromatic N) is 4. The highest BCUT2D eigenvalue weighted by Crippen LogP contribution is 2.21. The monoisotopic (exact) mass is 384 g/mol. The van der Waals surface area contributed by atoms with Gasteiger partial charge < -0.3 is 14.6 Å². The van der Waals surface area contributed by atoms with Gasteiger partial charge in [0.2, 0.25) is 6.10 Å². The van der Waals surface area contributed by atoms with Gasteiger partial charge in [-0.1, -0.05) is 0 Å². The molecule has 1 unspecified atom stereocenters. The summed E-state index contributed by atoms with van der Waals surface area (Å²) in [6.45, 7) is 1.29. The minimum absolute atomic E-state index is 0.0607. The molecule has 2 atom stereocenters. The van der Waals surface area contributed by atoms with E-state index in [0.717, 1.165) is 6.92 Å². The molecule has 1 aliphatic heterocycles. The second-order valence-electron chi connectivity index (χ2n) is 5.93. The average Bonchev–Trinajstić information content (AvgIpc) is 3.16. The molecule has 1 N–H and O–H groups in total. The normalized spacial score (nSPS) is 17.6. The number of benzene rings is 1. The molecule has 1 aromatic heterocycles. The molecule has 1 fully saturated rings. The van der Waals surface area contributed by atoms with Crippen LogP contribution in [0, 0.1) is 11.3 Å². The number of aromatic nitrogens is 2. The quantitative estimate of drug-likeness (QED) is 0.736. The summed E-state index contributed by atoms with van der Waals surface area (Å²) < 4.78 is 11.5. The Morgan fingerprint density at radius 2 is 2.07 bits per heavy atom. The maximum absolute atomic E-state index is 12.7. The van der Waals surface area contributed by atoms with Crippen LogP contribution in [0.1, 0.15) is 12.5 Å². The molecule has 0 radical (unpaired) electrons. The summed E-state index contributed by atoms with van der Waals surface area (Å²) >= 11 is 0. The highest BCUT2D eigenvalue weighted by atomic mass is 16.6. The van der Waals surface area contributed by atoms with E-state index in [2.05, 4.69) is 5.10 Å². The van der Waals surface area contributed by atoms with Gasteiger partial charge in [-0.3, -0.25) is 14.5 Å². The first-order valence-electron chi connectivity index (χ1n) is 8.30. The van der Waals surface area contributed by atoms with Crippen LogP contribution in [-0.2, 0) is 23.9 Å². The maximum atomic E-state index is 12.7. The molecule has 2 heterocycles. The number of carbonyl (C=O) groups is 3. The number of hydrogen-bond acceptors (Lipinski definition) is 7. The molecule has 2 aromatic rings. The fourth-order valence-corrected chi connectivity index (χ4v) is 2.76. The number of amides is 1. The second-order valence-corrected chi connectivity index (χ2v) is 5.93. The standard InChI is InChI=1S/C18H16N4O6/c1-11(23)28-16(18(25)26)15-17(24)21(8-9-27-15)14-6-7-22(20-14)13-4-2-12(10-19)3-5-13/h2-7,15-16H,8-9H2,1H3,(H,25,26)/t15?,16-/m1/s1. The summed E-state index contributed by atoms with van der Waals surface area (Å²) in [7, 11) is 0. The van der Waals surface area contributed by atoms with Crippen molar-refractivity contribution >= 4 is 23.7 Å². The molecule has 1 aromatic carbocycles. The number of hydrogen-bond donors (Lipinski definition) is 1. The van der Waals surface area contributed by atoms with Crippen LogP contribution in [0.15, 0.2) is 36.5 Å². The third kappa shape index (κ3) is 3.84. The van der Waals surface area contributed by atoms with E-state index in [9.17, 15) is 19.5 Å². The number of morpholine rings is 1. The summed E-state index contributed by atoms with van der Waals surface area (Å²) in [6.07, 6.45) is -1.57. The van der Waals surface area contributed by atoms with Crippen LogP contribution in [0.4, 0.5) is 5.82 Å². The van der Waals surface area contributed by atoms with Crippen molar-refractivity contribution in [1.29, 1.82) is 5.26 Å². The van der Waals surface area contributed by atoms with Crippen LogP contribution in [0.3, 0.4) is 0 Å². The SMILES string of the molecule is CC(=O)O[C@@H](C(=O)O)C1OCCN(c2ccn(-c3ccc(C#N)cc3)n2)C1=O. The van der Waals surface area contributed by atoms with Gasteiger partial charge in [0.15, 0.2) is 11.9 Å². The van der Waals surface area contributed by atoms with Gasteiger partial charge in [-0.15, -0.1) is 5.10 Å². The van der Waals surface area contributed by atoms with Crippen LogP contribution in [0.5, 0.6) is 0 Å². The van der Waals surface area contributed by atoms with Crippen molar-refractivity contribution in [3.05, 3.63) is 42.1 Å². The van der Waals surface area contributed by atoms with Crippen molar-refractivity contribution in [3.8, 4) is 11.8 Å². The molecule has 0 aliphatic carbocycles. The highest BCUT2D eigenvalue weighted by Gasteiger charge is 2.43. The van der Waals surface area contributed by atoms with Gasteiger partial charge in [0.1, 0.15) is 0 Å². The Hall–Kier alpha value is -3.71. The Bertz CT molecular complexity index is 946. The third-order valence-corrected chi connectivity index (χ3v) is 4.05. The molecule has 1 aliphatic rings. The van der Waals surface area contributed by atoms with Crippen LogP contribution < -0.4 is 4.90 Å². The molecular weight excluding hydrogens is 368 g/mol. The van der Waals surface area contributed by atoms with Crippen molar-refractivity contribution in [1.82, 2.24) is 9.78 Å². The van der Waals surface area contributed by atoms with Gasteiger partial charge in [0.25, 0.3) is 5.91 Å². The Balaban J connectivity index is 1.82. The molecule has 1 amide bonds. The van der Waals surface area contributed by atoms with E-state index in [0.29, 0.717) is 17.1 Å². The van der Waals surface area contributed by atoms with Gasteiger partial charge in [0, 0.05) is 19.2 Å². The first-order chi connectivity index (χ1) is 13.4. The molecule has 1 saturated heterocycles. The maximum Gasteiger partial charge on any atom is 0.348 e. The topological polar surface area (TPSA) is 135 Å². The van der Waals surface area contributed by atoms with Crippen molar-refractivity contribution in [2.75, 3.05) is 18.1 Å². The fraction of sp³-hybridized carbons (Fsp3) is 0.278. The van der Waals surface area contributed by atoms with Gasteiger partial charge >= 0.3 is 11.9 Å². The molecule has 0 saturated carbocycles. The summed E-state index contributed by atoms with van der Waals surface area (Å²) in [5.41, 5.74) is 1.19. The molecule has 10 heteroatoms. The van der Waals surface area contributed by atoms with Crippen molar-refractivity contribution in [2.24, 2.45) is 0 Å². The third-order valence-electron chi connectivity index (χ3n) is 4.05. The van der Waals surface area contributed by atoms with E-state index in [4.69, 9.17) is 14.7 Å². The van der Waals surface area contributed by atoms with Gasteiger partial charge in [-0.05, 0) is 24.3 Å². The first kappa shape index (κ1) is 19.1. The zero-order valence-corrected chi connectivity index (χ0v) is 14.8. The largest absolute Gasteiger partial charge is 0.478 e. The number of anilines is 1. The summed E-state index contributed by atoms with van der Waals surface area (Å²) in [5.74, 6) is -2.66. The average molecular weight is 384 g/mol. The molecular formula is C18H16N4O6. The number of carboxylic acid groups (broad SMARTS) is 1. The number of nitriles is 1. The van der Waals surface area contributed by atoms with E-state index in [-0.39, 0.29) is 13.2 Å². The van der Waals surface area contributed by atoms with E-state index in [1.165, 1.54) is 9.58 Å². The number of carbonyl (C=O) groups excluding carboxylic acids is 2. The Labute approximate surface area is 159 Å². The first-order valence-corrected chi connectivity index (χ1v) is 8.30. The highest BCUT2D eigenvalue weighted by molar-refractivity contribution is 5.99. The van der Waals surface area contributed by atoms with Gasteiger partial charge in [-0.25, -0.2) is 9.48 Å². The van der Waals surface area contributed by atoms with E-state index >= 15 is 0 Å². The van der Waals surface area contributed by atoms with E-state index in [1.54, 1.807) is 36.5 Å². The molecule has 144 valence electrons. The van der Waals surface area contributed by atoms with Gasteiger partial charge in [-0.2, -0.15) is 5.26 Å². The van der Waals surface area contributed by atoms with E-state index < -0.39 is 30.1 Å². The number of esters is 1. The Morgan fingerprint density at radius 3 is 2.68 bits per heavy atom.